The number of nitrogens with one attached hydrogen (secondary N) is 2. The molecule has 0 aliphatic carbocycles. The minimum Gasteiger partial charge on any atom is -0.383 e. The van der Waals surface area contributed by atoms with Crippen molar-refractivity contribution in [2.24, 2.45) is 5.92 Å². The highest BCUT2D eigenvalue weighted by Crippen LogP contribution is 2.23. The van der Waals surface area contributed by atoms with Crippen LogP contribution in [-0.2, 0) is 14.3 Å². The maximum atomic E-state index is 12.6. The van der Waals surface area contributed by atoms with Crippen molar-refractivity contribution in [2.75, 3.05) is 25.6 Å². The van der Waals surface area contributed by atoms with Gasteiger partial charge in [0, 0.05) is 26.1 Å². The number of ether oxygens (including phenoxy) is 1. The van der Waals surface area contributed by atoms with E-state index in [4.69, 9.17) is 4.74 Å². The number of hydrogen-bond acceptors (Lipinski definition) is 4. The third-order valence-electron chi connectivity index (χ3n) is 4.32. The predicted molar refractivity (Wildman–Crippen MR) is 98.8 cm³/mol. The van der Waals surface area contributed by atoms with Crippen molar-refractivity contribution in [3.8, 4) is 0 Å². The molecule has 2 N–H and O–H groups in total. The molecule has 1 aliphatic heterocycles. The van der Waals surface area contributed by atoms with Crippen LogP contribution in [0, 0.1) is 5.92 Å². The highest BCUT2D eigenvalue weighted by Gasteiger charge is 2.36. The van der Waals surface area contributed by atoms with E-state index >= 15 is 0 Å². The summed E-state index contributed by atoms with van der Waals surface area (Å²) in [6, 6.07) is 6.78. The van der Waals surface area contributed by atoms with Gasteiger partial charge in [-0.3, -0.25) is 14.4 Å². The van der Waals surface area contributed by atoms with Crippen molar-refractivity contribution in [1.29, 1.82) is 0 Å². The molecular formula is C19H27N3O4. The number of rotatable bonds is 7. The Bertz CT molecular complexity index is 675. The van der Waals surface area contributed by atoms with Crippen LogP contribution < -0.4 is 10.6 Å². The number of benzene rings is 1. The average molecular weight is 361 g/mol. The molecule has 1 aliphatic rings. The van der Waals surface area contributed by atoms with Crippen LogP contribution in [0.2, 0.25) is 0 Å². The number of nitrogens with zero attached hydrogens (tertiary/aromatic N) is 1. The summed E-state index contributed by atoms with van der Waals surface area (Å²) in [6.07, 6.45) is 0.167. The Hall–Kier alpha value is -2.41. The minimum absolute atomic E-state index is 0.00505. The molecule has 0 saturated carbocycles. The summed E-state index contributed by atoms with van der Waals surface area (Å²) in [5.41, 5.74) is 0.856. The Kier molecular flexibility index (Phi) is 6.74. The Morgan fingerprint density at radius 2 is 1.96 bits per heavy atom. The number of carbonyl (C=O) groups excluding carboxylic acids is 3. The highest BCUT2D eigenvalue weighted by atomic mass is 16.5. The van der Waals surface area contributed by atoms with Crippen molar-refractivity contribution in [3.63, 3.8) is 0 Å². The predicted octanol–water partition coefficient (Wildman–Crippen LogP) is 1.65. The van der Waals surface area contributed by atoms with Gasteiger partial charge in [-0.05, 0) is 32.9 Å². The van der Waals surface area contributed by atoms with Gasteiger partial charge in [-0.15, -0.1) is 0 Å². The van der Waals surface area contributed by atoms with E-state index < -0.39 is 5.92 Å². The van der Waals surface area contributed by atoms with Crippen LogP contribution in [0.15, 0.2) is 24.3 Å². The van der Waals surface area contributed by atoms with E-state index in [0.717, 1.165) is 0 Å². The van der Waals surface area contributed by atoms with Gasteiger partial charge in [-0.2, -0.15) is 0 Å². The van der Waals surface area contributed by atoms with Crippen molar-refractivity contribution in [3.05, 3.63) is 29.8 Å². The van der Waals surface area contributed by atoms with Crippen molar-refractivity contribution >= 4 is 23.4 Å². The Morgan fingerprint density at radius 1 is 1.27 bits per heavy atom. The van der Waals surface area contributed by atoms with Crippen LogP contribution in [0.5, 0.6) is 0 Å². The second-order valence-corrected chi connectivity index (χ2v) is 6.91. The van der Waals surface area contributed by atoms with E-state index in [1.54, 1.807) is 36.3 Å². The first kappa shape index (κ1) is 19.9. The van der Waals surface area contributed by atoms with Gasteiger partial charge in [0.2, 0.25) is 11.8 Å². The molecule has 3 amide bonds. The van der Waals surface area contributed by atoms with Gasteiger partial charge in [0.05, 0.1) is 29.8 Å². The zero-order valence-corrected chi connectivity index (χ0v) is 15.7. The lowest BCUT2D eigenvalue weighted by Gasteiger charge is -2.24. The Labute approximate surface area is 154 Å². The second kappa shape index (κ2) is 8.80. The summed E-state index contributed by atoms with van der Waals surface area (Å²) in [6.45, 7) is 6.43. The van der Waals surface area contributed by atoms with Gasteiger partial charge in [0.25, 0.3) is 5.91 Å². The van der Waals surface area contributed by atoms with Gasteiger partial charge in [0.1, 0.15) is 0 Å². The van der Waals surface area contributed by atoms with E-state index in [1.807, 2.05) is 20.8 Å². The molecule has 7 heteroatoms. The number of para-hydroxylation sites is 1. The van der Waals surface area contributed by atoms with Crippen LogP contribution in [0.1, 0.15) is 37.6 Å². The molecule has 0 radical (unpaired) electrons. The fourth-order valence-electron chi connectivity index (χ4n) is 3.03. The molecule has 0 spiro atoms. The monoisotopic (exact) mass is 361 g/mol. The number of amides is 3. The number of methoxy groups -OCH3 is 1. The summed E-state index contributed by atoms with van der Waals surface area (Å²) < 4.78 is 5.09. The van der Waals surface area contributed by atoms with E-state index in [-0.39, 0.29) is 36.2 Å². The first-order valence-electron chi connectivity index (χ1n) is 8.82. The smallest absolute Gasteiger partial charge is 0.253 e. The maximum absolute atomic E-state index is 12.6. The number of anilines is 1. The Balaban J connectivity index is 2.07. The molecule has 2 atom stereocenters. The number of carbonyl (C=O) groups is 3. The minimum atomic E-state index is -0.442. The average Bonchev–Trinajstić information content (AvgIpc) is 2.97. The molecule has 2 rings (SSSR count). The molecule has 1 aromatic rings. The molecule has 7 nitrogen and oxygen atoms in total. The Morgan fingerprint density at radius 3 is 2.62 bits per heavy atom. The quantitative estimate of drug-likeness (QED) is 0.773. The zero-order valence-electron chi connectivity index (χ0n) is 15.7. The van der Waals surface area contributed by atoms with Crippen molar-refractivity contribution < 1.29 is 19.1 Å². The third-order valence-corrected chi connectivity index (χ3v) is 4.32. The van der Waals surface area contributed by atoms with E-state index in [1.165, 1.54) is 0 Å². The highest BCUT2D eigenvalue weighted by molar-refractivity contribution is 6.05. The molecular weight excluding hydrogens is 334 g/mol. The maximum Gasteiger partial charge on any atom is 0.253 e. The summed E-state index contributed by atoms with van der Waals surface area (Å²) in [7, 11) is 1.58. The van der Waals surface area contributed by atoms with Crippen LogP contribution >= 0.6 is 0 Å². The van der Waals surface area contributed by atoms with Gasteiger partial charge in [-0.1, -0.05) is 12.1 Å². The topological polar surface area (TPSA) is 87.7 Å². The molecule has 1 saturated heterocycles. The van der Waals surface area contributed by atoms with Crippen LogP contribution in [0.25, 0.3) is 0 Å². The third kappa shape index (κ3) is 4.82. The lowest BCUT2D eigenvalue weighted by Crippen LogP contribution is -2.38. The molecule has 1 fully saturated rings. The van der Waals surface area contributed by atoms with Crippen molar-refractivity contribution in [1.82, 2.24) is 10.2 Å². The van der Waals surface area contributed by atoms with Gasteiger partial charge in [0.15, 0.2) is 0 Å². The van der Waals surface area contributed by atoms with E-state index in [2.05, 4.69) is 10.6 Å². The van der Waals surface area contributed by atoms with Crippen LogP contribution in [-0.4, -0.2) is 55.0 Å². The number of hydrogen-bond donors (Lipinski definition) is 2. The molecule has 1 heterocycles. The fraction of sp³-hybridized carbons (Fsp3) is 0.526. The van der Waals surface area contributed by atoms with E-state index in [0.29, 0.717) is 24.4 Å². The van der Waals surface area contributed by atoms with Gasteiger partial charge in [-0.25, -0.2) is 0 Å². The van der Waals surface area contributed by atoms with E-state index in [9.17, 15) is 14.4 Å². The fourth-order valence-corrected chi connectivity index (χ4v) is 3.03. The normalized spacial score (nSPS) is 18.1. The van der Waals surface area contributed by atoms with Gasteiger partial charge >= 0.3 is 0 Å². The lowest BCUT2D eigenvalue weighted by molar-refractivity contribution is -0.130. The first-order valence-corrected chi connectivity index (χ1v) is 8.82. The van der Waals surface area contributed by atoms with Crippen molar-refractivity contribution in [2.45, 2.75) is 39.3 Å². The molecule has 142 valence electrons. The lowest BCUT2D eigenvalue weighted by atomic mass is 10.1. The summed E-state index contributed by atoms with van der Waals surface area (Å²) in [5, 5.41) is 5.63. The van der Waals surface area contributed by atoms with Gasteiger partial charge < -0.3 is 20.3 Å². The van der Waals surface area contributed by atoms with Crippen LogP contribution in [0.3, 0.4) is 0 Å². The number of likely N-dealkylation sites (tertiary alicyclic amines) is 1. The zero-order chi connectivity index (χ0) is 19.3. The summed E-state index contributed by atoms with van der Waals surface area (Å²) in [4.78, 5) is 38.8. The summed E-state index contributed by atoms with van der Waals surface area (Å²) in [5.74, 6) is -0.993. The second-order valence-electron chi connectivity index (χ2n) is 6.91. The molecule has 1 aromatic carbocycles. The molecule has 0 unspecified atom stereocenters. The molecule has 0 aromatic heterocycles. The van der Waals surface area contributed by atoms with Crippen LogP contribution in [0.4, 0.5) is 5.69 Å². The molecule has 0 bridgehead atoms. The first-order chi connectivity index (χ1) is 12.3. The largest absolute Gasteiger partial charge is 0.383 e. The standard InChI is InChI=1S/C19H27N3O4/c1-12(2)20-19(25)15-7-5-6-8-16(15)21-18(24)14-9-17(23)22(10-14)13(3)11-26-4/h5-8,12-14H,9-11H2,1-4H3,(H,20,25)(H,21,24)/t13-,14+/m0/s1. The SMILES string of the molecule is COC[C@H](C)N1C[C@H](C(=O)Nc2ccccc2C(=O)NC(C)C)CC1=O. The molecule has 26 heavy (non-hydrogen) atoms. The summed E-state index contributed by atoms with van der Waals surface area (Å²) >= 11 is 0.